The number of sulfonamides is 1. The van der Waals surface area contributed by atoms with E-state index in [-0.39, 0.29) is 16.8 Å². The topological polar surface area (TPSA) is 90.0 Å². The average molecular weight is 445 g/mol. The molecule has 0 bridgehead atoms. The number of nitrogens with one attached hydrogen (secondary N) is 1. The Balaban J connectivity index is 1.63. The Hall–Kier alpha value is -1.49. The van der Waals surface area contributed by atoms with Crippen molar-refractivity contribution in [3.63, 3.8) is 0 Å². The molecule has 2 aliphatic rings. The Bertz CT molecular complexity index is 808. The monoisotopic (exact) mass is 444 g/mol. The second-order valence-electron chi connectivity index (χ2n) is 6.30. The first-order valence-corrected chi connectivity index (χ1v) is 10.6. The van der Waals surface area contributed by atoms with E-state index in [9.17, 15) is 18.0 Å². The standard InChI is InChI=1S/C16H21BrN4O4S/c1-12(15(22)21-6-5-18-16(21)23)19-7-9-20(10-8-19)26(24,25)14-4-2-3-13(17)11-14/h2-4,11-12H,5-10H2,1H3,(H,18,23)/t12-/m0/s1. The van der Waals surface area contributed by atoms with Crippen molar-refractivity contribution in [3.05, 3.63) is 28.7 Å². The number of carbonyl (C=O) groups is 2. The third-order valence-corrected chi connectivity index (χ3v) is 7.12. The summed E-state index contributed by atoms with van der Waals surface area (Å²) in [5.41, 5.74) is 0. The molecule has 8 nitrogen and oxygen atoms in total. The van der Waals surface area contributed by atoms with E-state index < -0.39 is 16.1 Å². The van der Waals surface area contributed by atoms with Gasteiger partial charge in [-0.15, -0.1) is 0 Å². The third-order valence-electron chi connectivity index (χ3n) is 4.74. The van der Waals surface area contributed by atoms with Crippen LogP contribution in [0.3, 0.4) is 0 Å². The molecule has 142 valence electrons. The maximum atomic E-state index is 12.8. The van der Waals surface area contributed by atoms with Crippen molar-refractivity contribution in [1.82, 2.24) is 19.4 Å². The van der Waals surface area contributed by atoms with Crippen LogP contribution in [0.5, 0.6) is 0 Å². The van der Waals surface area contributed by atoms with E-state index in [0.717, 1.165) is 0 Å². The van der Waals surface area contributed by atoms with Gasteiger partial charge in [-0.25, -0.2) is 13.2 Å². The van der Waals surface area contributed by atoms with Crippen LogP contribution in [0.2, 0.25) is 0 Å². The van der Waals surface area contributed by atoms with E-state index in [2.05, 4.69) is 21.2 Å². The summed E-state index contributed by atoms with van der Waals surface area (Å²) < 4.78 is 27.7. The minimum Gasteiger partial charge on any atom is -0.336 e. The lowest BCUT2D eigenvalue weighted by Crippen LogP contribution is -2.55. The van der Waals surface area contributed by atoms with Gasteiger partial charge in [0.1, 0.15) is 0 Å². The lowest BCUT2D eigenvalue weighted by molar-refractivity contribution is -0.133. The number of rotatable bonds is 4. The van der Waals surface area contributed by atoms with Gasteiger partial charge in [0.15, 0.2) is 0 Å². The summed E-state index contributed by atoms with van der Waals surface area (Å²) in [6, 6.07) is 5.80. The van der Waals surface area contributed by atoms with Crippen molar-refractivity contribution in [3.8, 4) is 0 Å². The zero-order valence-electron chi connectivity index (χ0n) is 14.4. The molecule has 3 rings (SSSR count). The number of amides is 3. The molecular formula is C16H21BrN4O4S. The largest absolute Gasteiger partial charge is 0.336 e. The quantitative estimate of drug-likeness (QED) is 0.737. The van der Waals surface area contributed by atoms with Crippen LogP contribution in [0.25, 0.3) is 0 Å². The molecule has 2 heterocycles. The molecule has 0 aromatic heterocycles. The van der Waals surface area contributed by atoms with Gasteiger partial charge in [-0.1, -0.05) is 22.0 Å². The summed E-state index contributed by atoms with van der Waals surface area (Å²) in [6.45, 7) is 4.09. The zero-order chi connectivity index (χ0) is 18.9. The third kappa shape index (κ3) is 3.78. The highest BCUT2D eigenvalue weighted by atomic mass is 79.9. The molecule has 1 N–H and O–H groups in total. The number of piperazine rings is 1. The number of urea groups is 1. The van der Waals surface area contributed by atoms with Crippen LogP contribution < -0.4 is 5.32 Å². The molecule has 1 aromatic carbocycles. The van der Waals surface area contributed by atoms with E-state index >= 15 is 0 Å². The van der Waals surface area contributed by atoms with Gasteiger partial charge in [0.25, 0.3) is 0 Å². The molecule has 0 saturated carbocycles. The summed E-state index contributed by atoms with van der Waals surface area (Å²) in [4.78, 5) is 27.5. The van der Waals surface area contributed by atoms with Crippen molar-refractivity contribution in [1.29, 1.82) is 0 Å². The van der Waals surface area contributed by atoms with Gasteiger partial charge < -0.3 is 5.32 Å². The minimum atomic E-state index is -3.56. The Labute approximate surface area is 161 Å². The first kappa shape index (κ1) is 19.3. The number of imide groups is 1. The van der Waals surface area contributed by atoms with Crippen LogP contribution in [0.4, 0.5) is 4.79 Å². The maximum absolute atomic E-state index is 12.8. The molecule has 2 fully saturated rings. The van der Waals surface area contributed by atoms with Gasteiger partial charge in [0.2, 0.25) is 15.9 Å². The minimum absolute atomic E-state index is 0.247. The summed E-state index contributed by atoms with van der Waals surface area (Å²) >= 11 is 3.29. The number of hydrogen-bond donors (Lipinski definition) is 1. The van der Waals surface area contributed by atoms with Gasteiger partial charge >= 0.3 is 6.03 Å². The smallest absolute Gasteiger partial charge is 0.324 e. The molecule has 2 saturated heterocycles. The lowest BCUT2D eigenvalue weighted by Gasteiger charge is -2.37. The average Bonchev–Trinajstić information content (AvgIpc) is 3.06. The Morgan fingerprint density at radius 1 is 1.19 bits per heavy atom. The normalized spacial score (nSPS) is 20.8. The van der Waals surface area contributed by atoms with Gasteiger partial charge in [-0.3, -0.25) is 14.6 Å². The van der Waals surface area contributed by atoms with Crippen molar-refractivity contribution in [2.45, 2.75) is 17.9 Å². The molecular weight excluding hydrogens is 424 g/mol. The first-order chi connectivity index (χ1) is 12.3. The molecule has 26 heavy (non-hydrogen) atoms. The number of benzene rings is 1. The van der Waals surface area contributed by atoms with Gasteiger partial charge in [0.05, 0.1) is 10.9 Å². The SMILES string of the molecule is C[C@@H](C(=O)N1CCNC1=O)N1CCN(S(=O)(=O)c2cccc(Br)c2)CC1. The van der Waals surface area contributed by atoms with E-state index in [1.54, 1.807) is 31.2 Å². The lowest BCUT2D eigenvalue weighted by atomic mass is 10.2. The van der Waals surface area contributed by atoms with E-state index in [0.29, 0.717) is 43.7 Å². The predicted octanol–water partition coefficient (Wildman–Crippen LogP) is 0.696. The summed E-state index contributed by atoms with van der Waals surface area (Å²) in [5, 5.41) is 2.61. The van der Waals surface area contributed by atoms with Crippen LogP contribution in [0, 0.1) is 0 Å². The molecule has 2 aliphatic heterocycles. The second-order valence-corrected chi connectivity index (χ2v) is 9.15. The fraction of sp³-hybridized carbons (Fsp3) is 0.500. The molecule has 0 unspecified atom stereocenters. The predicted molar refractivity (Wildman–Crippen MR) is 99.0 cm³/mol. The molecule has 10 heteroatoms. The van der Waals surface area contributed by atoms with Gasteiger partial charge in [-0.05, 0) is 25.1 Å². The number of carbonyl (C=O) groups excluding carboxylic acids is 2. The summed E-state index contributed by atoms with van der Waals surface area (Å²) in [6.07, 6.45) is 0. The number of hydrogen-bond acceptors (Lipinski definition) is 5. The van der Waals surface area contributed by atoms with E-state index in [4.69, 9.17) is 0 Å². The zero-order valence-corrected chi connectivity index (χ0v) is 16.8. The highest BCUT2D eigenvalue weighted by Crippen LogP contribution is 2.22. The fourth-order valence-electron chi connectivity index (χ4n) is 3.17. The Morgan fingerprint density at radius 3 is 2.46 bits per heavy atom. The summed E-state index contributed by atoms with van der Waals surface area (Å²) in [7, 11) is -3.56. The second kappa shape index (κ2) is 7.63. The highest BCUT2D eigenvalue weighted by Gasteiger charge is 2.35. The van der Waals surface area contributed by atoms with Crippen LogP contribution in [0.15, 0.2) is 33.6 Å². The number of halogens is 1. The van der Waals surface area contributed by atoms with Gasteiger partial charge in [0, 0.05) is 43.7 Å². The van der Waals surface area contributed by atoms with E-state index in [1.807, 2.05) is 4.90 Å². The fourth-order valence-corrected chi connectivity index (χ4v) is 5.19. The van der Waals surface area contributed by atoms with E-state index in [1.165, 1.54) is 9.21 Å². The van der Waals surface area contributed by atoms with Crippen LogP contribution >= 0.6 is 15.9 Å². The molecule has 0 spiro atoms. The maximum Gasteiger partial charge on any atom is 0.324 e. The number of nitrogens with zero attached hydrogens (tertiary/aromatic N) is 3. The molecule has 3 amide bonds. The Kier molecular flexibility index (Phi) is 5.66. The summed E-state index contributed by atoms with van der Waals surface area (Å²) in [5.74, 6) is -0.247. The van der Waals surface area contributed by atoms with Crippen molar-refractivity contribution >= 4 is 37.9 Å². The van der Waals surface area contributed by atoms with Crippen molar-refractivity contribution in [2.24, 2.45) is 0 Å². The first-order valence-electron chi connectivity index (χ1n) is 8.39. The molecule has 0 radical (unpaired) electrons. The van der Waals surface area contributed by atoms with Crippen LogP contribution in [-0.2, 0) is 14.8 Å². The van der Waals surface area contributed by atoms with Crippen LogP contribution in [0.1, 0.15) is 6.92 Å². The molecule has 0 aliphatic carbocycles. The van der Waals surface area contributed by atoms with Crippen molar-refractivity contribution in [2.75, 3.05) is 39.3 Å². The molecule has 1 aromatic rings. The highest BCUT2D eigenvalue weighted by molar-refractivity contribution is 9.10. The van der Waals surface area contributed by atoms with Gasteiger partial charge in [-0.2, -0.15) is 4.31 Å². The van der Waals surface area contributed by atoms with Crippen molar-refractivity contribution < 1.29 is 18.0 Å². The molecule has 1 atom stereocenters. The van der Waals surface area contributed by atoms with Crippen LogP contribution in [-0.4, -0.2) is 79.8 Å². The Morgan fingerprint density at radius 2 is 1.88 bits per heavy atom.